The predicted octanol–water partition coefficient (Wildman–Crippen LogP) is 1.34. The summed E-state index contributed by atoms with van der Waals surface area (Å²) in [4.78, 5) is 34.3. The van der Waals surface area contributed by atoms with Gasteiger partial charge in [0.05, 0.1) is 22.2 Å². The number of aromatic nitrogens is 2. The Morgan fingerprint density at radius 1 is 1.19 bits per heavy atom. The van der Waals surface area contributed by atoms with Crippen molar-refractivity contribution in [2.75, 3.05) is 24.5 Å². The number of hydrogen-bond donors (Lipinski definition) is 3. The van der Waals surface area contributed by atoms with Gasteiger partial charge in [-0.3, -0.25) is 9.59 Å². The molecule has 2 amide bonds. The highest BCUT2D eigenvalue weighted by Gasteiger charge is 2.36. The third-order valence-electron chi connectivity index (χ3n) is 5.42. The molecule has 160 valence electrons. The Kier molecular flexibility index (Phi) is 5.24. The van der Waals surface area contributed by atoms with Crippen LogP contribution in [-0.4, -0.2) is 47.0 Å². The molecule has 5 N–H and O–H groups in total. The molecule has 0 bridgehead atoms. The third-order valence-corrected chi connectivity index (χ3v) is 5.42. The van der Waals surface area contributed by atoms with Crippen molar-refractivity contribution in [2.45, 2.75) is 12.0 Å². The highest BCUT2D eigenvalue weighted by atomic mass is 19.1. The van der Waals surface area contributed by atoms with Crippen molar-refractivity contribution < 1.29 is 18.4 Å². The lowest BCUT2D eigenvalue weighted by molar-refractivity contribution is 0.0939. The molecule has 31 heavy (non-hydrogen) atoms. The molecule has 0 spiro atoms. The van der Waals surface area contributed by atoms with E-state index < -0.39 is 29.0 Å². The van der Waals surface area contributed by atoms with Gasteiger partial charge in [-0.05, 0) is 30.7 Å². The van der Waals surface area contributed by atoms with Crippen LogP contribution in [0.1, 0.15) is 27.1 Å². The molecule has 0 aliphatic carbocycles. The lowest BCUT2D eigenvalue weighted by atomic mass is 10.00. The van der Waals surface area contributed by atoms with Gasteiger partial charge in [-0.1, -0.05) is 0 Å². The first-order chi connectivity index (χ1) is 14.8. The second kappa shape index (κ2) is 7.88. The topological polar surface area (TPSA) is 127 Å². The molecule has 2 heterocycles. The van der Waals surface area contributed by atoms with E-state index in [9.17, 15) is 18.4 Å². The molecule has 3 aromatic rings. The van der Waals surface area contributed by atoms with Crippen LogP contribution in [0.2, 0.25) is 0 Å². The Morgan fingerprint density at radius 3 is 2.71 bits per heavy atom. The highest BCUT2D eigenvalue weighted by molar-refractivity contribution is 6.08. The number of amides is 2. The van der Waals surface area contributed by atoms with Gasteiger partial charge in [-0.15, -0.1) is 0 Å². The SMILES string of the molecule is NC(=O)c1ccc(N2CCC(N)(CNC(=O)c3ccc(F)cc3F)C2)c2cncnc12. The smallest absolute Gasteiger partial charge is 0.254 e. The molecule has 2 aromatic carbocycles. The fourth-order valence-electron chi connectivity index (χ4n) is 3.81. The number of carbonyl (C=O) groups excluding carboxylic acids is 2. The molecule has 1 aliphatic heterocycles. The van der Waals surface area contributed by atoms with Gasteiger partial charge in [0, 0.05) is 43.0 Å². The van der Waals surface area contributed by atoms with E-state index in [0.717, 1.165) is 17.8 Å². The Balaban J connectivity index is 1.51. The standard InChI is InChI=1S/C21H20F2N6O2/c22-12-1-2-13(16(23)7-12)20(31)27-9-21(25)5-6-29(10-21)17-4-3-14(19(24)30)18-15(17)8-26-11-28-18/h1-4,7-8,11H,5-6,9-10,25H2,(H2,24,30)(H,27,31). The lowest BCUT2D eigenvalue weighted by Gasteiger charge is -2.26. The minimum absolute atomic E-state index is 0.104. The van der Waals surface area contributed by atoms with Gasteiger partial charge in [-0.25, -0.2) is 18.7 Å². The normalized spacial score (nSPS) is 18.4. The van der Waals surface area contributed by atoms with Gasteiger partial charge >= 0.3 is 0 Å². The fraction of sp³-hybridized carbons (Fsp3) is 0.238. The van der Waals surface area contributed by atoms with Crippen LogP contribution in [0.4, 0.5) is 14.5 Å². The number of nitrogens with two attached hydrogens (primary N) is 2. The molecule has 0 radical (unpaired) electrons. The maximum absolute atomic E-state index is 13.8. The van der Waals surface area contributed by atoms with E-state index in [4.69, 9.17) is 11.5 Å². The number of carbonyl (C=O) groups is 2. The van der Waals surface area contributed by atoms with E-state index in [0.29, 0.717) is 42.0 Å². The van der Waals surface area contributed by atoms with Gasteiger partial charge in [0.1, 0.15) is 18.0 Å². The number of anilines is 1. The van der Waals surface area contributed by atoms with Crippen LogP contribution in [0.25, 0.3) is 10.9 Å². The number of rotatable bonds is 5. The summed E-state index contributed by atoms with van der Waals surface area (Å²) in [7, 11) is 0. The molecule has 1 unspecified atom stereocenters. The first-order valence-electron chi connectivity index (χ1n) is 9.57. The van der Waals surface area contributed by atoms with E-state index in [1.54, 1.807) is 18.3 Å². The molecular weight excluding hydrogens is 406 g/mol. The van der Waals surface area contributed by atoms with Crippen molar-refractivity contribution >= 4 is 28.4 Å². The van der Waals surface area contributed by atoms with Gasteiger partial charge in [-0.2, -0.15) is 0 Å². The van der Waals surface area contributed by atoms with Gasteiger partial charge < -0.3 is 21.7 Å². The molecule has 1 saturated heterocycles. The number of halogens is 2. The first kappa shape index (κ1) is 20.6. The van der Waals surface area contributed by atoms with Crippen molar-refractivity contribution in [3.8, 4) is 0 Å². The van der Waals surface area contributed by atoms with Crippen LogP contribution in [0.3, 0.4) is 0 Å². The third kappa shape index (κ3) is 4.02. The largest absolute Gasteiger partial charge is 0.369 e. The van der Waals surface area contributed by atoms with Crippen LogP contribution >= 0.6 is 0 Å². The summed E-state index contributed by atoms with van der Waals surface area (Å²) < 4.78 is 26.9. The lowest BCUT2D eigenvalue weighted by Crippen LogP contribution is -2.52. The van der Waals surface area contributed by atoms with Crippen molar-refractivity contribution in [2.24, 2.45) is 11.5 Å². The second-order valence-electron chi connectivity index (χ2n) is 7.62. The number of nitrogens with one attached hydrogen (secondary N) is 1. The number of hydrogen-bond acceptors (Lipinski definition) is 6. The summed E-state index contributed by atoms with van der Waals surface area (Å²) in [5.41, 5.74) is 12.5. The first-order valence-corrected chi connectivity index (χ1v) is 9.57. The van der Waals surface area contributed by atoms with Gasteiger partial charge in [0.25, 0.3) is 11.8 Å². The summed E-state index contributed by atoms with van der Waals surface area (Å²) in [6, 6.07) is 6.16. The molecule has 1 fully saturated rings. The summed E-state index contributed by atoms with van der Waals surface area (Å²) in [6.07, 6.45) is 3.52. The van der Waals surface area contributed by atoms with Crippen LogP contribution in [0, 0.1) is 11.6 Å². The molecule has 0 saturated carbocycles. The number of primary amides is 1. The zero-order valence-electron chi connectivity index (χ0n) is 16.4. The summed E-state index contributed by atoms with van der Waals surface area (Å²) >= 11 is 0. The Bertz CT molecular complexity index is 1190. The number of nitrogens with zero attached hydrogens (tertiary/aromatic N) is 3. The van der Waals surface area contributed by atoms with Crippen molar-refractivity contribution in [3.05, 3.63) is 65.6 Å². The predicted molar refractivity (Wildman–Crippen MR) is 110 cm³/mol. The van der Waals surface area contributed by atoms with Crippen LogP contribution < -0.4 is 21.7 Å². The highest BCUT2D eigenvalue weighted by Crippen LogP contribution is 2.32. The van der Waals surface area contributed by atoms with E-state index in [1.807, 2.05) is 4.90 Å². The average Bonchev–Trinajstić information content (AvgIpc) is 3.13. The second-order valence-corrected chi connectivity index (χ2v) is 7.62. The Hall–Kier alpha value is -3.66. The molecule has 10 heteroatoms. The molecule has 1 aliphatic rings. The maximum Gasteiger partial charge on any atom is 0.254 e. The maximum atomic E-state index is 13.8. The minimum atomic E-state index is -0.933. The summed E-state index contributed by atoms with van der Waals surface area (Å²) in [6.45, 7) is 1.10. The zero-order valence-corrected chi connectivity index (χ0v) is 16.4. The van der Waals surface area contributed by atoms with Crippen molar-refractivity contribution in [1.82, 2.24) is 15.3 Å². The fourth-order valence-corrected chi connectivity index (χ4v) is 3.81. The van der Waals surface area contributed by atoms with Crippen molar-refractivity contribution in [1.29, 1.82) is 0 Å². The average molecular weight is 426 g/mol. The Labute approximate surface area is 176 Å². The minimum Gasteiger partial charge on any atom is -0.369 e. The monoisotopic (exact) mass is 426 g/mol. The van der Waals surface area contributed by atoms with E-state index in [1.165, 1.54) is 6.33 Å². The Morgan fingerprint density at radius 2 is 1.97 bits per heavy atom. The number of benzene rings is 2. The number of fused-ring (bicyclic) bond motifs is 1. The molecule has 8 nitrogen and oxygen atoms in total. The van der Waals surface area contributed by atoms with Crippen molar-refractivity contribution in [3.63, 3.8) is 0 Å². The van der Waals surface area contributed by atoms with E-state index in [-0.39, 0.29) is 12.1 Å². The van der Waals surface area contributed by atoms with Crippen LogP contribution in [0.15, 0.2) is 42.9 Å². The van der Waals surface area contributed by atoms with Gasteiger partial charge in [0.2, 0.25) is 0 Å². The zero-order chi connectivity index (χ0) is 22.2. The van der Waals surface area contributed by atoms with Crippen LogP contribution in [-0.2, 0) is 0 Å². The van der Waals surface area contributed by atoms with E-state index in [2.05, 4.69) is 15.3 Å². The summed E-state index contributed by atoms with van der Waals surface area (Å²) in [5.74, 6) is -2.93. The molecule has 1 aromatic heterocycles. The van der Waals surface area contributed by atoms with E-state index >= 15 is 0 Å². The molecule has 1 atom stereocenters. The quantitative estimate of drug-likeness (QED) is 0.565. The molecule has 4 rings (SSSR count). The summed E-state index contributed by atoms with van der Waals surface area (Å²) in [5, 5.41) is 3.30. The van der Waals surface area contributed by atoms with Crippen LogP contribution in [0.5, 0.6) is 0 Å². The molecular formula is C21H20F2N6O2. The van der Waals surface area contributed by atoms with Gasteiger partial charge in [0.15, 0.2) is 0 Å².